The second-order valence-electron chi connectivity index (χ2n) is 42.9. The predicted molar refractivity (Wildman–Crippen MR) is 602 cm³/mol. The summed E-state index contributed by atoms with van der Waals surface area (Å²) in [7, 11) is 7.72. The van der Waals surface area contributed by atoms with E-state index < -0.39 is 17.3 Å². The molecule has 4 N–H and O–H groups in total. The smallest absolute Gasteiger partial charge is 0.416 e. The first-order chi connectivity index (χ1) is 69.3. The quantitative estimate of drug-likeness (QED) is 0.0447. The molecule has 2 atom stereocenters. The molecular weight excluding hydrogens is 1850 g/mol. The third-order valence-electron chi connectivity index (χ3n) is 30.4. The molecule has 0 heterocycles. The van der Waals surface area contributed by atoms with Crippen LogP contribution < -0.4 is 16.0 Å². The van der Waals surface area contributed by atoms with Crippen LogP contribution in [0, 0.1) is 118 Å². The van der Waals surface area contributed by atoms with Gasteiger partial charge in [0.25, 0.3) is 0 Å². The Bertz CT molecular complexity index is 5050. The molecule has 8 bridgehead atoms. The predicted octanol–water partition coefficient (Wildman–Crippen LogP) is 32.4. The van der Waals surface area contributed by atoms with Gasteiger partial charge in [0.15, 0.2) is 58.7 Å². The number of hydrogen-bond acceptors (Lipinski definition) is 7. The van der Waals surface area contributed by atoms with Gasteiger partial charge in [0.2, 0.25) is 0 Å². The molecule has 144 heavy (non-hydrogen) atoms. The van der Waals surface area contributed by atoms with E-state index >= 15 is 0 Å². The second-order valence-corrected chi connectivity index (χ2v) is 51.0. The Morgan fingerprint density at radius 1 is 0.340 bits per heavy atom. The van der Waals surface area contributed by atoms with Crippen LogP contribution in [-0.2, 0) is 59.3 Å². The number of nitrogens with one attached hydrogen (secondary N) is 3. The Hall–Kier alpha value is -9.84. The van der Waals surface area contributed by atoms with Crippen LogP contribution in [0.4, 0.5) is 18.9 Å². The first-order valence-corrected chi connectivity index (χ1v) is 57.7. The van der Waals surface area contributed by atoms with Crippen molar-refractivity contribution in [2.24, 2.45) is 35.0 Å². The Labute approximate surface area is 873 Å². The van der Waals surface area contributed by atoms with Crippen molar-refractivity contribution in [2.45, 2.75) is 312 Å². The number of carbonyl (C=O) groups excluding carboxylic acids is 1. The SMILES string of the molecule is CN(C1CCCCC1)C1CCCCC1.CNC12CC3CC(CC(C3)C1)C2.CNCC(=O)OCC12CC3CC(CC(O)(C3)C1)C2.CNc1cccc(C(F)(F)F)c1.Cc1ccc([S+](c2ccc(C)cc2)c2ccc(C)cc2)cc1.Cc1ccc([S+](c2ccc(C)cc2)c2ccc(C)cc2)cc1.Cc1ccc([S+](c2ccc(C)cc2)c2ccc(C)cc2)cc1.Cc1ccc([S+](c2ccc(C)cc2)c2ccc(C)cc2)cc1. The Kier molecular flexibility index (Phi) is 39.8. The van der Waals surface area contributed by atoms with Crippen molar-refractivity contribution in [3.63, 3.8) is 0 Å². The fourth-order valence-electron chi connectivity index (χ4n) is 23.3. The molecule has 10 saturated carbocycles. The summed E-state index contributed by atoms with van der Waals surface area (Å²) in [6.07, 6.45) is 25.9. The summed E-state index contributed by atoms with van der Waals surface area (Å²) in [5.74, 6) is 4.38. The number of halogens is 3. The Morgan fingerprint density at radius 2 is 0.576 bits per heavy atom. The molecule has 0 aliphatic heterocycles. The van der Waals surface area contributed by atoms with Crippen molar-refractivity contribution in [1.29, 1.82) is 0 Å². The van der Waals surface area contributed by atoms with Crippen molar-refractivity contribution in [3.8, 4) is 0 Å². The van der Waals surface area contributed by atoms with Gasteiger partial charge in [0.1, 0.15) is 0 Å². The molecule has 0 amide bonds. The lowest BCUT2D eigenvalue weighted by Gasteiger charge is -2.59. The standard InChI is InChI=1S/4C21H21S.C14H23NO3.C13H25N.C11H19N.C8H8F3N/c4*1-16-4-10-19(11-5-16)22(20-12-6-17(2)7-13-20)21-14-8-18(3)9-15-21;1-15-7-12(16)18-9-13-3-10-2-11(4-13)6-14(17,5-10)8-13;1-14(12-8-4-2-5-9-12)13-10-6-3-7-11-13;1-12-11-5-8-2-9(6-11)4-10(3-8)7-11;1-12-7-4-2-3-6(5-7)8(9,10)11/h4*4-15H,1-3H3;10-11,15,17H,2-9H2,1H3;12-13H,2-11H2,1H3;8-10,12H,2-7H2,1H3;2-5,12H,1H3/q4*+1;;;;. The fourth-order valence-corrected chi connectivity index (χ4v) is 31.4. The molecule has 758 valence electrons. The molecule has 13 aromatic rings. The highest BCUT2D eigenvalue weighted by Crippen LogP contribution is 2.62. The molecule has 13 aromatic carbocycles. The number of anilines is 1. The number of benzene rings is 13. The first kappa shape index (κ1) is 110. The number of alkyl halides is 3. The largest absolute Gasteiger partial charge is 0.464 e. The van der Waals surface area contributed by atoms with Crippen molar-refractivity contribution in [1.82, 2.24) is 15.5 Å². The summed E-state index contributed by atoms with van der Waals surface area (Å²) in [5.41, 5.74) is 15.7. The van der Waals surface area contributed by atoms with Crippen LogP contribution in [-0.4, -0.2) is 80.5 Å². The van der Waals surface area contributed by atoms with Gasteiger partial charge >= 0.3 is 12.1 Å². The molecule has 2 unspecified atom stereocenters. The third-order valence-corrected chi connectivity index (χ3v) is 39.4. The molecular formula is C130H159F3N4O3S4+4. The number of rotatable bonds is 20. The maximum absolute atomic E-state index is 12.1. The summed E-state index contributed by atoms with van der Waals surface area (Å²) in [6.45, 7) is 26.4. The number of ether oxygens (including phenoxy) is 1. The van der Waals surface area contributed by atoms with Crippen molar-refractivity contribution in [3.05, 3.63) is 388 Å². The van der Waals surface area contributed by atoms with Crippen LogP contribution in [0.1, 0.15) is 214 Å². The van der Waals surface area contributed by atoms with Crippen LogP contribution in [0.5, 0.6) is 0 Å². The number of aliphatic hydroxyl groups is 1. The average molecular weight is 2010 g/mol. The number of likely N-dealkylation sites (N-methyl/N-ethyl adjacent to an activating group) is 1. The minimum atomic E-state index is -4.26. The minimum Gasteiger partial charge on any atom is -0.464 e. The highest BCUT2D eigenvalue weighted by molar-refractivity contribution is 7.98. The van der Waals surface area contributed by atoms with Gasteiger partial charge in [-0.05, 0) is 400 Å². The average Bonchev–Trinajstić information content (AvgIpc) is 0.720. The topological polar surface area (TPSA) is 85.9 Å². The van der Waals surface area contributed by atoms with E-state index in [9.17, 15) is 23.1 Å². The maximum Gasteiger partial charge on any atom is 0.416 e. The van der Waals surface area contributed by atoms with Crippen LogP contribution in [0.3, 0.4) is 0 Å². The van der Waals surface area contributed by atoms with E-state index in [1.54, 1.807) is 39.4 Å². The van der Waals surface area contributed by atoms with Crippen LogP contribution in [0.25, 0.3) is 0 Å². The van der Waals surface area contributed by atoms with E-state index in [1.165, 1.54) is 221 Å². The van der Waals surface area contributed by atoms with Gasteiger partial charge in [-0.25, -0.2) is 0 Å². The van der Waals surface area contributed by atoms with Gasteiger partial charge in [-0.1, -0.05) is 257 Å². The summed E-state index contributed by atoms with van der Waals surface area (Å²) in [4.78, 5) is 30.7. The zero-order valence-electron chi connectivity index (χ0n) is 88.5. The highest BCUT2D eigenvalue weighted by Gasteiger charge is 2.58. The zero-order chi connectivity index (χ0) is 102. The molecule has 23 rings (SSSR count). The molecule has 0 aromatic heterocycles. The number of nitrogens with zero attached hydrogens (tertiary/aromatic N) is 1. The molecule has 10 aliphatic carbocycles. The molecule has 10 aliphatic rings. The number of hydrogen-bond donors (Lipinski definition) is 4. The normalized spacial score (nSPS) is 20.6. The van der Waals surface area contributed by atoms with Gasteiger partial charge < -0.3 is 30.7 Å². The summed E-state index contributed by atoms with van der Waals surface area (Å²) in [5, 5.41) is 19.6. The van der Waals surface area contributed by atoms with Crippen molar-refractivity contribution < 1.29 is 27.8 Å². The van der Waals surface area contributed by atoms with Crippen molar-refractivity contribution in [2.75, 3.05) is 46.7 Å². The molecule has 10 fully saturated rings. The van der Waals surface area contributed by atoms with E-state index in [4.69, 9.17) is 4.74 Å². The van der Waals surface area contributed by atoms with Gasteiger partial charge in [0, 0.05) is 35.8 Å². The van der Waals surface area contributed by atoms with Gasteiger partial charge in [-0.3, -0.25) is 4.79 Å². The molecule has 0 saturated heterocycles. The fraction of sp³-hybridized carbons (Fsp3) is 0.392. The van der Waals surface area contributed by atoms with Crippen LogP contribution in [0.2, 0.25) is 0 Å². The van der Waals surface area contributed by atoms with E-state index in [0.29, 0.717) is 29.7 Å². The van der Waals surface area contributed by atoms with E-state index in [-0.39, 0.29) is 61.5 Å². The summed E-state index contributed by atoms with van der Waals surface area (Å²) in [6, 6.07) is 114. The van der Waals surface area contributed by atoms with E-state index in [0.717, 1.165) is 74.1 Å². The van der Waals surface area contributed by atoms with E-state index in [1.807, 2.05) is 0 Å². The van der Waals surface area contributed by atoms with Gasteiger partial charge in [0.05, 0.1) is 67.9 Å². The van der Waals surface area contributed by atoms with Crippen molar-refractivity contribution >= 4 is 55.2 Å². The second kappa shape index (κ2) is 52.2. The first-order valence-electron chi connectivity index (χ1n) is 52.8. The zero-order valence-corrected chi connectivity index (χ0v) is 91.8. The number of carbonyl (C=O) groups is 1. The highest BCUT2D eigenvalue weighted by atomic mass is 32.2. The van der Waals surface area contributed by atoms with Crippen LogP contribution in [0.15, 0.2) is 374 Å². The van der Waals surface area contributed by atoms with Gasteiger partial charge in [-0.15, -0.1) is 0 Å². The summed E-state index contributed by atoms with van der Waals surface area (Å²) < 4.78 is 41.6. The Morgan fingerprint density at radius 3 is 0.785 bits per heavy atom. The molecule has 14 heteroatoms. The lowest BCUT2D eigenvalue weighted by molar-refractivity contribution is -0.186. The third kappa shape index (κ3) is 31.4. The minimum absolute atomic E-state index is 0.0394. The van der Waals surface area contributed by atoms with Gasteiger partial charge in [-0.2, -0.15) is 13.2 Å². The lowest BCUT2D eigenvalue weighted by Crippen LogP contribution is -2.57. The Balaban J connectivity index is 0.000000132. The van der Waals surface area contributed by atoms with Crippen LogP contribution >= 0.6 is 0 Å². The molecule has 7 nitrogen and oxygen atoms in total. The summed E-state index contributed by atoms with van der Waals surface area (Å²) >= 11 is 0. The monoisotopic (exact) mass is 2010 g/mol. The number of esters is 1. The lowest BCUT2D eigenvalue weighted by atomic mass is 9.48. The van der Waals surface area contributed by atoms with E-state index in [2.05, 4.69) is 409 Å². The molecule has 0 spiro atoms. The number of aryl methyl sites for hydroxylation is 12. The molecule has 0 radical (unpaired) electrons. The maximum atomic E-state index is 12.1.